The first-order valence-electron chi connectivity index (χ1n) is 8.03. The molecule has 0 aromatic carbocycles. The lowest BCUT2D eigenvalue weighted by Gasteiger charge is -2.08. The van der Waals surface area contributed by atoms with Crippen LogP contribution in [0.15, 0.2) is 17.4 Å². The number of ether oxygens (including phenoxy) is 2. The Morgan fingerprint density at radius 3 is 2.41 bits per heavy atom. The summed E-state index contributed by atoms with van der Waals surface area (Å²) in [6.07, 6.45) is 1.38. The van der Waals surface area contributed by atoms with Gasteiger partial charge in [0.15, 0.2) is 5.71 Å². The summed E-state index contributed by atoms with van der Waals surface area (Å²) in [5, 5.41) is 14.4. The molecule has 0 saturated carbocycles. The van der Waals surface area contributed by atoms with E-state index in [9.17, 15) is 19.2 Å². The predicted octanol–water partition coefficient (Wildman–Crippen LogP) is -1.51. The highest BCUT2D eigenvalue weighted by Gasteiger charge is 2.18. The maximum atomic E-state index is 12.2. The van der Waals surface area contributed by atoms with Crippen LogP contribution in [0.25, 0.3) is 0 Å². The molecule has 0 aliphatic heterocycles. The lowest BCUT2D eigenvalue weighted by Crippen LogP contribution is -2.42. The van der Waals surface area contributed by atoms with Crippen LogP contribution in [0.4, 0.5) is 0 Å². The minimum atomic E-state index is -0.755. The number of rotatable bonds is 11. The number of esters is 2. The number of nitrogens with one attached hydrogen (secondary N) is 3. The van der Waals surface area contributed by atoms with Crippen molar-refractivity contribution in [3.05, 3.63) is 18.0 Å². The third kappa shape index (κ3) is 8.47. The highest BCUT2D eigenvalue weighted by Crippen LogP contribution is 1.98. The highest BCUT2D eigenvalue weighted by molar-refractivity contribution is 6.44. The van der Waals surface area contributed by atoms with E-state index in [4.69, 9.17) is 4.84 Å². The van der Waals surface area contributed by atoms with E-state index in [0.29, 0.717) is 0 Å². The number of amides is 2. The van der Waals surface area contributed by atoms with Gasteiger partial charge in [0.25, 0.3) is 5.91 Å². The fraction of sp³-hybridized carbons (Fsp3) is 0.467. The third-order valence-corrected chi connectivity index (χ3v) is 2.76. The van der Waals surface area contributed by atoms with Crippen LogP contribution in [-0.2, 0) is 33.5 Å². The van der Waals surface area contributed by atoms with Crippen LogP contribution in [0.1, 0.15) is 19.5 Å². The summed E-state index contributed by atoms with van der Waals surface area (Å²) < 4.78 is 9.33. The average molecular weight is 383 g/mol. The van der Waals surface area contributed by atoms with Crippen molar-refractivity contribution < 1.29 is 33.5 Å². The maximum absolute atomic E-state index is 12.2. The number of carbonyl (C=O) groups excluding carboxylic acids is 4. The number of aromatic amines is 1. The number of oxime groups is 1. The molecule has 1 aromatic rings. The summed E-state index contributed by atoms with van der Waals surface area (Å²) in [5.74, 6) is -2.60. The second-order valence-electron chi connectivity index (χ2n) is 4.75. The Hall–Kier alpha value is -3.44. The van der Waals surface area contributed by atoms with Crippen molar-refractivity contribution in [1.82, 2.24) is 20.8 Å². The standard InChI is InChI=1S/C15H21N5O7/c1-3-25-12(22)8-16-11(21)7-17-15(24)14(10-5-6-18-19-10)20-27-9-13(23)26-4-2/h5-6H,3-4,7-9H2,1-2H3,(H,16,21)(H,17,24)(H,18,19)/b20-14+. The van der Waals surface area contributed by atoms with Crippen LogP contribution in [0.2, 0.25) is 0 Å². The molecule has 3 N–H and O–H groups in total. The summed E-state index contributed by atoms with van der Waals surface area (Å²) in [5.41, 5.74) is -0.0155. The van der Waals surface area contributed by atoms with Gasteiger partial charge >= 0.3 is 11.9 Å². The number of hydrogen-bond donors (Lipinski definition) is 3. The summed E-state index contributed by atoms with van der Waals surface area (Å²) in [4.78, 5) is 51.1. The number of aromatic nitrogens is 2. The first kappa shape index (κ1) is 21.6. The molecule has 0 unspecified atom stereocenters. The SMILES string of the molecule is CCOC(=O)CNC(=O)CNC(=O)/C(=N/OCC(=O)OCC)c1ccn[nH]1. The van der Waals surface area contributed by atoms with Gasteiger partial charge in [-0.3, -0.25) is 19.5 Å². The van der Waals surface area contributed by atoms with Crippen LogP contribution in [0, 0.1) is 0 Å². The molecule has 1 aromatic heterocycles. The van der Waals surface area contributed by atoms with Gasteiger partial charge in [0.2, 0.25) is 12.5 Å². The lowest BCUT2D eigenvalue weighted by molar-refractivity contribution is -0.148. The third-order valence-electron chi connectivity index (χ3n) is 2.76. The van der Waals surface area contributed by atoms with Gasteiger partial charge in [-0.15, -0.1) is 0 Å². The van der Waals surface area contributed by atoms with Gasteiger partial charge in [0, 0.05) is 6.20 Å². The molecule has 0 fully saturated rings. The molecule has 0 saturated heterocycles. The summed E-state index contributed by atoms with van der Waals surface area (Å²) in [6, 6.07) is 1.45. The van der Waals surface area contributed by atoms with Gasteiger partial charge in [-0.2, -0.15) is 5.10 Å². The Morgan fingerprint density at radius 2 is 1.78 bits per heavy atom. The smallest absolute Gasteiger partial charge is 0.347 e. The minimum absolute atomic E-state index is 0.181. The Balaban J connectivity index is 2.58. The molecule has 2 amide bonds. The van der Waals surface area contributed by atoms with Crippen LogP contribution in [0.3, 0.4) is 0 Å². The van der Waals surface area contributed by atoms with Crippen molar-refractivity contribution >= 4 is 29.5 Å². The van der Waals surface area contributed by atoms with E-state index < -0.39 is 36.9 Å². The topological polar surface area (TPSA) is 161 Å². The van der Waals surface area contributed by atoms with Gasteiger partial charge in [-0.25, -0.2) is 4.79 Å². The van der Waals surface area contributed by atoms with Crippen molar-refractivity contribution in [2.45, 2.75) is 13.8 Å². The molecule has 0 spiro atoms. The zero-order valence-electron chi connectivity index (χ0n) is 14.9. The Bertz CT molecular complexity index is 672. The molecule has 0 bridgehead atoms. The zero-order chi connectivity index (χ0) is 20.1. The highest BCUT2D eigenvalue weighted by atomic mass is 16.7. The van der Waals surface area contributed by atoms with Gasteiger partial charge in [0.1, 0.15) is 6.54 Å². The van der Waals surface area contributed by atoms with Crippen LogP contribution < -0.4 is 10.6 Å². The molecule has 1 heterocycles. The number of hydrogen-bond acceptors (Lipinski definition) is 9. The second-order valence-corrected chi connectivity index (χ2v) is 4.75. The van der Waals surface area contributed by atoms with Gasteiger partial charge in [-0.05, 0) is 19.9 Å². The van der Waals surface area contributed by atoms with Crippen LogP contribution in [0.5, 0.6) is 0 Å². The minimum Gasteiger partial charge on any atom is -0.465 e. The summed E-state index contributed by atoms with van der Waals surface area (Å²) in [6.45, 7) is 2.44. The van der Waals surface area contributed by atoms with E-state index in [2.05, 4.69) is 35.5 Å². The van der Waals surface area contributed by atoms with E-state index in [0.717, 1.165) is 0 Å². The first-order chi connectivity index (χ1) is 13.0. The Morgan fingerprint density at radius 1 is 1.07 bits per heavy atom. The fourth-order valence-corrected chi connectivity index (χ4v) is 1.64. The Labute approximate surface area is 154 Å². The molecule has 1 rings (SSSR count). The fourth-order valence-electron chi connectivity index (χ4n) is 1.64. The lowest BCUT2D eigenvalue weighted by atomic mass is 10.2. The summed E-state index contributed by atoms with van der Waals surface area (Å²) >= 11 is 0. The van der Waals surface area contributed by atoms with Crippen molar-refractivity contribution in [2.24, 2.45) is 5.16 Å². The van der Waals surface area contributed by atoms with Crippen LogP contribution in [-0.4, -0.2) is 72.6 Å². The van der Waals surface area contributed by atoms with E-state index in [1.54, 1.807) is 13.8 Å². The predicted molar refractivity (Wildman–Crippen MR) is 90.4 cm³/mol. The molecule has 12 heteroatoms. The van der Waals surface area contributed by atoms with Crippen molar-refractivity contribution in [3.8, 4) is 0 Å². The number of nitrogens with zero attached hydrogens (tertiary/aromatic N) is 2. The van der Waals surface area contributed by atoms with E-state index in [-0.39, 0.29) is 31.2 Å². The first-order valence-corrected chi connectivity index (χ1v) is 8.03. The normalized spacial score (nSPS) is 10.7. The molecule has 148 valence electrons. The maximum Gasteiger partial charge on any atom is 0.347 e. The average Bonchev–Trinajstić information content (AvgIpc) is 3.16. The molecule has 0 aliphatic carbocycles. The zero-order valence-corrected chi connectivity index (χ0v) is 14.9. The van der Waals surface area contributed by atoms with E-state index in [1.165, 1.54) is 12.3 Å². The molecular weight excluding hydrogens is 362 g/mol. The molecule has 0 radical (unpaired) electrons. The van der Waals surface area contributed by atoms with E-state index in [1.807, 2.05) is 0 Å². The molecule has 0 aliphatic rings. The molecule has 12 nitrogen and oxygen atoms in total. The molecular formula is C15H21N5O7. The number of H-pyrrole nitrogens is 1. The monoisotopic (exact) mass is 383 g/mol. The van der Waals surface area contributed by atoms with Crippen molar-refractivity contribution in [1.29, 1.82) is 0 Å². The van der Waals surface area contributed by atoms with Crippen LogP contribution >= 0.6 is 0 Å². The quantitative estimate of drug-likeness (QED) is 0.236. The Kier molecular flexibility index (Phi) is 9.60. The second kappa shape index (κ2) is 12.0. The van der Waals surface area contributed by atoms with Crippen molar-refractivity contribution in [2.75, 3.05) is 32.9 Å². The van der Waals surface area contributed by atoms with E-state index >= 15 is 0 Å². The largest absolute Gasteiger partial charge is 0.465 e. The van der Waals surface area contributed by atoms with Gasteiger partial charge < -0.3 is 24.9 Å². The molecule has 0 atom stereocenters. The van der Waals surface area contributed by atoms with Crippen molar-refractivity contribution in [3.63, 3.8) is 0 Å². The number of carbonyl (C=O) groups is 4. The van der Waals surface area contributed by atoms with Gasteiger partial charge in [0.05, 0.1) is 25.5 Å². The molecule has 27 heavy (non-hydrogen) atoms. The summed E-state index contributed by atoms with van der Waals surface area (Å²) in [7, 11) is 0. The van der Waals surface area contributed by atoms with Gasteiger partial charge in [-0.1, -0.05) is 5.16 Å².